The summed E-state index contributed by atoms with van der Waals surface area (Å²) in [5, 5.41) is 2.22. The van der Waals surface area contributed by atoms with E-state index < -0.39 is 23.2 Å². The first-order valence-corrected chi connectivity index (χ1v) is 6.78. The molecular weight excluding hydrogens is 384 g/mol. The molecule has 0 fully saturated rings. The average Bonchev–Trinajstić information content (AvgIpc) is 2.37. The molecule has 1 N–H and O–H groups in total. The largest absolute Gasteiger partial charge is 0.317 e. The van der Waals surface area contributed by atoms with E-state index in [-0.39, 0.29) is 5.56 Å². The third-order valence-corrected chi connectivity index (χ3v) is 3.56. The highest BCUT2D eigenvalue weighted by molar-refractivity contribution is 9.11. The third-order valence-electron chi connectivity index (χ3n) is 2.37. The number of para-hydroxylation sites is 1. The molecule has 0 radical (unpaired) electrons. The van der Waals surface area contributed by atoms with Gasteiger partial charge >= 0.3 is 0 Å². The number of hydrogen-bond acceptors (Lipinski definition) is 1. The highest BCUT2D eigenvalue weighted by atomic mass is 79.9. The van der Waals surface area contributed by atoms with Gasteiger partial charge in [-0.1, -0.05) is 22.0 Å². The summed E-state index contributed by atoms with van der Waals surface area (Å²) in [4.78, 5) is 12.0. The Morgan fingerprint density at radius 1 is 1.05 bits per heavy atom. The van der Waals surface area contributed by atoms with Crippen molar-refractivity contribution in [1.29, 1.82) is 0 Å². The summed E-state index contributed by atoms with van der Waals surface area (Å²) in [6.07, 6.45) is 0. The van der Waals surface area contributed by atoms with Crippen molar-refractivity contribution in [2.24, 2.45) is 0 Å². The number of hydrogen-bond donors (Lipinski definition) is 1. The number of rotatable bonds is 2. The monoisotopic (exact) mass is 389 g/mol. The van der Waals surface area contributed by atoms with Crippen molar-refractivity contribution in [1.82, 2.24) is 0 Å². The predicted octanol–water partition coefficient (Wildman–Crippen LogP) is 4.74. The molecule has 1 amide bonds. The van der Waals surface area contributed by atoms with Crippen LogP contribution in [0.5, 0.6) is 0 Å². The molecule has 0 aliphatic carbocycles. The van der Waals surface area contributed by atoms with E-state index in [9.17, 15) is 13.6 Å². The lowest BCUT2D eigenvalue weighted by Gasteiger charge is -2.09. The average molecular weight is 391 g/mol. The molecule has 0 bridgehead atoms. The molecule has 0 heterocycles. The van der Waals surface area contributed by atoms with E-state index in [1.165, 1.54) is 6.07 Å². The Bertz CT molecular complexity index is 626. The second-order valence-corrected chi connectivity index (χ2v) is 5.44. The fraction of sp³-hybridized carbons (Fsp3) is 0. The number of carbonyl (C=O) groups excluding carboxylic acids is 1. The van der Waals surface area contributed by atoms with Crippen LogP contribution in [-0.2, 0) is 0 Å². The Hall–Kier alpha value is -1.27. The molecule has 98 valence electrons. The SMILES string of the molecule is O=C(Nc1c(F)cccc1F)c1cc(Br)ccc1Br. The highest BCUT2D eigenvalue weighted by Gasteiger charge is 2.15. The van der Waals surface area contributed by atoms with Crippen LogP contribution in [0.25, 0.3) is 0 Å². The number of nitrogens with one attached hydrogen (secondary N) is 1. The summed E-state index contributed by atoms with van der Waals surface area (Å²) in [6.45, 7) is 0. The third kappa shape index (κ3) is 3.19. The first kappa shape index (κ1) is 14.1. The molecule has 0 aliphatic heterocycles. The lowest BCUT2D eigenvalue weighted by atomic mass is 10.2. The number of carbonyl (C=O) groups is 1. The minimum atomic E-state index is -0.820. The van der Waals surface area contributed by atoms with Crippen LogP contribution < -0.4 is 5.32 Å². The van der Waals surface area contributed by atoms with Crippen molar-refractivity contribution in [2.45, 2.75) is 0 Å². The summed E-state index contributed by atoms with van der Waals surface area (Å²) in [5.41, 5.74) is -0.184. The Labute approximate surface area is 125 Å². The molecule has 0 aromatic heterocycles. The van der Waals surface area contributed by atoms with E-state index in [4.69, 9.17) is 0 Å². The molecule has 0 saturated carbocycles. The minimum Gasteiger partial charge on any atom is -0.317 e. The second kappa shape index (κ2) is 5.79. The maximum absolute atomic E-state index is 13.4. The molecule has 2 aromatic rings. The summed E-state index contributed by atoms with van der Waals surface area (Å²) in [5.74, 6) is -2.24. The van der Waals surface area contributed by atoms with E-state index in [0.29, 0.717) is 8.95 Å². The molecule has 2 aromatic carbocycles. The fourth-order valence-electron chi connectivity index (χ4n) is 1.47. The van der Waals surface area contributed by atoms with E-state index in [1.54, 1.807) is 18.2 Å². The lowest BCUT2D eigenvalue weighted by Crippen LogP contribution is -2.15. The van der Waals surface area contributed by atoms with Gasteiger partial charge in [-0.2, -0.15) is 0 Å². The van der Waals surface area contributed by atoms with Crippen LogP contribution in [0.1, 0.15) is 10.4 Å². The van der Waals surface area contributed by atoms with Crippen LogP contribution >= 0.6 is 31.9 Å². The van der Waals surface area contributed by atoms with E-state index in [2.05, 4.69) is 37.2 Å². The number of benzene rings is 2. The molecule has 0 spiro atoms. The molecule has 6 heteroatoms. The molecule has 19 heavy (non-hydrogen) atoms. The second-order valence-electron chi connectivity index (χ2n) is 3.67. The van der Waals surface area contributed by atoms with Gasteiger partial charge in [0.1, 0.15) is 17.3 Å². The first-order valence-electron chi connectivity index (χ1n) is 5.19. The van der Waals surface area contributed by atoms with Crippen molar-refractivity contribution in [3.8, 4) is 0 Å². The van der Waals surface area contributed by atoms with Crippen molar-refractivity contribution in [3.05, 3.63) is 62.5 Å². The lowest BCUT2D eigenvalue weighted by molar-refractivity contribution is 0.102. The topological polar surface area (TPSA) is 29.1 Å². The van der Waals surface area contributed by atoms with Crippen LogP contribution in [0, 0.1) is 11.6 Å². The Balaban J connectivity index is 2.34. The van der Waals surface area contributed by atoms with Crippen LogP contribution in [0.3, 0.4) is 0 Å². The summed E-state index contributed by atoms with van der Waals surface area (Å²) in [7, 11) is 0. The van der Waals surface area contributed by atoms with Crippen LogP contribution in [-0.4, -0.2) is 5.91 Å². The highest BCUT2D eigenvalue weighted by Crippen LogP contribution is 2.24. The van der Waals surface area contributed by atoms with Gasteiger partial charge in [-0.15, -0.1) is 0 Å². The maximum atomic E-state index is 13.4. The van der Waals surface area contributed by atoms with Gasteiger partial charge in [-0.05, 0) is 46.3 Å². The van der Waals surface area contributed by atoms with Gasteiger partial charge in [-0.3, -0.25) is 4.79 Å². The minimum absolute atomic E-state index is 0.275. The van der Waals surface area contributed by atoms with Gasteiger partial charge in [0, 0.05) is 8.95 Å². The Morgan fingerprint density at radius 2 is 1.68 bits per heavy atom. The summed E-state index contributed by atoms with van der Waals surface area (Å²) >= 11 is 6.44. The Morgan fingerprint density at radius 3 is 2.32 bits per heavy atom. The van der Waals surface area contributed by atoms with E-state index >= 15 is 0 Å². The number of halogens is 4. The zero-order chi connectivity index (χ0) is 14.0. The molecular formula is C13H7Br2F2NO. The van der Waals surface area contributed by atoms with Crippen molar-refractivity contribution >= 4 is 43.5 Å². The summed E-state index contributed by atoms with van der Waals surface area (Å²) in [6, 6.07) is 8.35. The van der Waals surface area contributed by atoms with Gasteiger partial charge in [-0.25, -0.2) is 8.78 Å². The Kier molecular flexibility index (Phi) is 4.31. The summed E-state index contributed by atoms with van der Waals surface area (Å²) < 4.78 is 28.1. The molecule has 0 saturated heterocycles. The first-order chi connectivity index (χ1) is 8.99. The van der Waals surface area contributed by atoms with Gasteiger partial charge in [0.15, 0.2) is 0 Å². The predicted molar refractivity (Wildman–Crippen MR) is 76.2 cm³/mol. The van der Waals surface area contributed by atoms with Crippen molar-refractivity contribution < 1.29 is 13.6 Å². The molecule has 2 rings (SSSR count). The zero-order valence-electron chi connectivity index (χ0n) is 9.38. The van der Waals surface area contributed by atoms with Crippen LogP contribution in [0.2, 0.25) is 0 Å². The van der Waals surface area contributed by atoms with Gasteiger partial charge in [0.25, 0.3) is 5.91 Å². The van der Waals surface area contributed by atoms with E-state index in [0.717, 1.165) is 12.1 Å². The van der Waals surface area contributed by atoms with Crippen LogP contribution in [0.4, 0.5) is 14.5 Å². The van der Waals surface area contributed by atoms with Crippen LogP contribution in [0.15, 0.2) is 45.3 Å². The number of anilines is 1. The number of amides is 1. The normalized spacial score (nSPS) is 10.3. The zero-order valence-corrected chi connectivity index (χ0v) is 12.6. The van der Waals surface area contributed by atoms with Gasteiger partial charge in [0.05, 0.1) is 5.56 Å². The quantitative estimate of drug-likeness (QED) is 0.788. The molecule has 0 unspecified atom stereocenters. The standard InChI is InChI=1S/C13H7Br2F2NO/c14-7-4-5-9(15)8(6-7)13(19)18-12-10(16)2-1-3-11(12)17/h1-6H,(H,18,19). The van der Waals surface area contributed by atoms with Gasteiger partial charge < -0.3 is 5.32 Å². The van der Waals surface area contributed by atoms with Crippen molar-refractivity contribution in [3.63, 3.8) is 0 Å². The van der Waals surface area contributed by atoms with Gasteiger partial charge in [0.2, 0.25) is 0 Å². The molecule has 0 atom stereocenters. The maximum Gasteiger partial charge on any atom is 0.257 e. The fourth-order valence-corrected chi connectivity index (χ4v) is 2.26. The smallest absolute Gasteiger partial charge is 0.257 e. The van der Waals surface area contributed by atoms with Crippen molar-refractivity contribution in [2.75, 3.05) is 5.32 Å². The molecule has 2 nitrogen and oxygen atoms in total. The molecule has 0 aliphatic rings. The van der Waals surface area contributed by atoms with E-state index in [1.807, 2.05) is 0 Å².